The Morgan fingerprint density at radius 3 is 2.54 bits per heavy atom. The molecule has 0 N–H and O–H groups in total. The second-order valence-corrected chi connectivity index (χ2v) is 9.88. The van der Waals surface area contributed by atoms with E-state index in [1.165, 1.54) is 4.21 Å². The average molecular weight is 430 g/mol. The maximum Gasteiger partial charge on any atom is 0.213 e. The Kier molecular flexibility index (Phi) is 5.89. The van der Waals surface area contributed by atoms with Crippen LogP contribution in [0, 0.1) is 6.92 Å². The molecular formula is C16H24BrN5S2. The zero-order chi connectivity index (χ0) is 17.3. The smallest absolute Gasteiger partial charge is 0.213 e. The van der Waals surface area contributed by atoms with Gasteiger partial charge in [-0.3, -0.25) is 0 Å². The highest BCUT2D eigenvalue weighted by Crippen LogP contribution is 2.39. The predicted molar refractivity (Wildman–Crippen MR) is 107 cm³/mol. The van der Waals surface area contributed by atoms with E-state index >= 15 is 0 Å². The minimum Gasteiger partial charge on any atom is -0.352 e. The summed E-state index contributed by atoms with van der Waals surface area (Å²) in [4.78, 5) is 9.87. The molecule has 0 bridgehead atoms. The fourth-order valence-electron chi connectivity index (χ4n) is 2.69. The Hall–Kier alpha value is -0.570. The van der Waals surface area contributed by atoms with Crippen molar-refractivity contribution in [2.24, 2.45) is 0 Å². The highest BCUT2D eigenvalue weighted by atomic mass is 79.9. The summed E-state index contributed by atoms with van der Waals surface area (Å²) in [7, 11) is 0. The highest BCUT2D eigenvalue weighted by molar-refractivity contribution is 9.10. The normalized spacial score (nSPS) is 16.3. The lowest BCUT2D eigenvalue weighted by atomic mass is 10.3. The van der Waals surface area contributed by atoms with E-state index in [0.29, 0.717) is 5.25 Å². The number of halogens is 1. The van der Waals surface area contributed by atoms with E-state index in [4.69, 9.17) is 4.98 Å². The molecule has 1 aliphatic heterocycles. The van der Waals surface area contributed by atoms with E-state index in [2.05, 4.69) is 51.6 Å². The number of aromatic nitrogens is 3. The minimum absolute atomic E-state index is 0.542. The van der Waals surface area contributed by atoms with Gasteiger partial charge in [0.05, 0.1) is 10.2 Å². The molecule has 2 aromatic heterocycles. The van der Waals surface area contributed by atoms with Gasteiger partial charge in [0.2, 0.25) is 5.13 Å². The largest absolute Gasteiger partial charge is 0.352 e. The average Bonchev–Trinajstić information content (AvgIpc) is 3.11. The first-order chi connectivity index (χ1) is 11.5. The molecule has 132 valence electrons. The first-order valence-electron chi connectivity index (χ1n) is 8.34. The molecule has 0 spiro atoms. The van der Waals surface area contributed by atoms with Crippen LogP contribution in [-0.4, -0.2) is 57.6 Å². The van der Waals surface area contributed by atoms with Crippen LogP contribution in [-0.2, 0) is 0 Å². The van der Waals surface area contributed by atoms with Crippen LogP contribution in [0.3, 0.4) is 0 Å². The standard InChI is InChI=1S/C16H24BrN5S2/c1-5-20-6-8-21(9-7-20)14-15(23-11(2)3)24-16(18-14)22-10-13(17)12(4)19-22/h10-11H,5-9H2,1-4H3. The maximum absolute atomic E-state index is 4.95. The number of nitrogens with zero attached hydrogens (tertiary/aromatic N) is 5. The van der Waals surface area contributed by atoms with Gasteiger partial charge in [0.1, 0.15) is 4.21 Å². The van der Waals surface area contributed by atoms with Gasteiger partial charge < -0.3 is 9.80 Å². The predicted octanol–water partition coefficient (Wildman–Crippen LogP) is 4.04. The van der Waals surface area contributed by atoms with Gasteiger partial charge in [-0.15, -0.1) is 11.8 Å². The Labute approximate surface area is 160 Å². The fourth-order valence-corrected chi connectivity index (χ4v) is 5.42. The molecule has 3 rings (SSSR count). The van der Waals surface area contributed by atoms with Crippen molar-refractivity contribution < 1.29 is 0 Å². The van der Waals surface area contributed by atoms with Gasteiger partial charge in [-0.2, -0.15) is 10.1 Å². The van der Waals surface area contributed by atoms with E-state index in [1.807, 2.05) is 29.6 Å². The third-order valence-electron chi connectivity index (χ3n) is 4.06. The lowest BCUT2D eigenvalue weighted by Gasteiger charge is -2.34. The third kappa shape index (κ3) is 3.98. The monoisotopic (exact) mass is 429 g/mol. The number of rotatable bonds is 5. The number of anilines is 1. The topological polar surface area (TPSA) is 37.2 Å². The molecule has 3 heterocycles. The van der Waals surface area contributed by atoms with Gasteiger partial charge in [0.15, 0.2) is 5.82 Å². The summed E-state index contributed by atoms with van der Waals surface area (Å²) in [5.74, 6) is 1.13. The molecule has 0 radical (unpaired) electrons. The zero-order valence-electron chi connectivity index (χ0n) is 14.6. The van der Waals surface area contributed by atoms with Crippen LogP contribution in [0.2, 0.25) is 0 Å². The maximum atomic E-state index is 4.95. The van der Waals surface area contributed by atoms with Crippen molar-refractivity contribution in [3.8, 4) is 5.13 Å². The highest BCUT2D eigenvalue weighted by Gasteiger charge is 2.23. The fraction of sp³-hybridized carbons (Fsp3) is 0.625. The molecule has 0 saturated carbocycles. The Morgan fingerprint density at radius 2 is 2.00 bits per heavy atom. The summed E-state index contributed by atoms with van der Waals surface area (Å²) in [6.45, 7) is 14.1. The Morgan fingerprint density at radius 1 is 1.29 bits per heavy atom. The van der Waals surface area contributed by atoms with Crippen LogP contribution in [0.4, 0.5) is 5.82 Å². The van der Waals surface area contributed by atoms with Crippen molar-refractivity contribution in [3.63, 3.8) is 0 Å². The summed E-state index contributed by atoms with van der Waals surface area (Å²) in [6.07, 6.45) is 2.00. The lowest BCUT2D eigenvalue weighted by Crippen LogP contribution is -2.46. The number of piperazine rings is 1. The molecule has 1 fully saturated rings. The zero-order valence-corrected chi connectivity index (χ0v) is 17.8. The number of thiazole rings is 1. The Bertz CT molecular complexity index is 669. The second-order valence-electron chi connectivity index (χ2n) is 6.20. The van der Waals surface area contributed by atoms with E-state index in [-0.39, 0.29) is 0 Å². The van der Waals surface area contributed by atoms with Gasteiger partial charge in [0.25, 0.3) is 0 Å². The van der Waals surface area contributed by atoms with Crippen LogP contribution >= 0.6 is 39.0 Å². The molecule has 2 aromatic rings. The lowest BCUT2D eigenvalue weighted by molar-refractivity contribution is 0.270. The second kappa shape index (κ2) is 7.76. The first kappa shape index (κ1) is 18.2. The van der Waals surface area contributed by atoms with Gasteiger partial charge >= 0.3 is 0 Å². The molecule has 8 heteroatoms. The van der Waals surface area contributed by atoms with E-state index in [1.54, 1.807) is 11.3 Å². The summed E-state index contributed by atoms with van der Waals surface area (Å²) < 4.78 is 4.21. The molecule has 1 saturated heterocycles. The van der Waals surface area contributed by atoms with E-state index < -0.39 is 0 Å². The number of thioether (sulfide) groups is 1. The number of likely N-dealkylation sites (N-methyl/N-ethyl adjacent to an activating group) is 1. The molecule has 1 aliphatic rings. The van der Waals surface area contributed by atoms with Crippen LogP contribution in [0.1, 0.15) is 26.5 Å². The van der Waals surface area contributed by atoms with Crippen LogP contribution in [0.15, 0.2) is 14.9 Å². The van der Waals surface area contributed by atoms with Crippen molar-refractivity contribution in [1.29, 1.82) is 0 Å². The van der Waals surface area contributed by atoms with Gasteiger partial charge in [-0.25, -0.2) is 4.68 Å². The number of aryl methyl sites for hydroxylation is 1. The van der Waals surface area contributed by atoms with Gasteiger partial charge in [-0.05, 0) is 29.4 Å². The van der Waals surface area contributed by atoms with Crippen molar-refractivity contribution in [3.05, 3.63) is 16.4 Å². The molecule has 24 heavy (non-hydrogen) atoms. The molecule has 0 aliphatic carbocycles. The van der Waals surface area contributed by atoms with Crippen molar-refractivity contribution in [2.75, 3.05) is 37.6 Å². The molecule has 0 unspecified atom stereocenters. The summed E-state index contributed by atoms with van der Waals surface area (Å²) in [6, 6.07) is 0. The number of hydrogen-bond acceptors (Lipinski definition) is 6. The van der Waals surface area contributed by atoms with Gasteiger partial charge in [0, 0.05) is 37.6 Å². The van der Waals surface area contributed by atoms with E-state index in [0.717, 1.165) is 53.8 Å². The number of hydrogen-bond donors (Lipinski definition) is 0. The third-order valence-corrected chi connectivity index (χ3v) is 7.08. The molecule has 5 nitrogen and oxygen atoms in total. The van der Waals surface area contributed by atoms with Crippen LogP contribution in [0.5, 0.6) is 0 Å². The van der Waals surface area contributed by atoms with Crippen molar-refractivity contribution in [1.82, 2.24) is 19.7 Å². The SMILES string of the molecule is CCN1CCN(c2nc(-n3cc(Br)c(C)n3)sc2SC(C)C)CC1. The minimum atomic E-state index is 0.542. The summed E-state index contributed by atoms with van der Waals surface area (Å²) in [5.41, 5.74) is 0.987. The molecule has 0 amide bonds. The van der Waals surface area contributed by atoms with Gasteiger partial charge in [-0.1, -0.05) is 32.1 Å². The quantitative estimate of drug-likeness (QED) is 0.670. The summed E-state index contributed by atoms with van der Waals surface area (Å²) >= 11 is 7.18. The first-order valence-corrected chi connectivity index (χ1v) is 10.8. The summed E-state index contributed by atoms with van der Waals surface area (Å²) in [5, 5.41) is 6.05. The van der Waals surface area contributed by atoms with Crippen molar-refractivity contribution in [2.45, 2.75) is 37.2 Å². The van der Waals surface area contributed by atoms with Crippen molar-refractivity contribution >= 4 is 44.8 Å². The molecule has 0 aromatic carbocycles. The molecule has 0 atom stereocenters. The van der Waals surface area contributed by atoms with Crippen LogP contribution in [0.25, 0.3) is 5.13 Å². The van der Waals surface area contributed by atoms with E-state index in [9.17, 15) is 0 Å². The van der Waals surface area contributed by atoms with Crippen LogP contribution < -0.4 is 4.90 Å². The molecular weight excluding hydrogens is 406 g/mol. The Balaban J connectivity index is 1.89.